The lowest BCUT2D eigenvalue weighted by molar-refractivity contribution is -0.0583. The number of rotatable bonds is 6. The molecular formula is C24H27F3N4O2. The summed E-state index contributed by atoms with van der Waals surface area (Å²) in [5.41, 5.74) is 0.0335. The summed E-state index contributed by atoms with van der Waals surface area (Å²) in [5, 5.41) is 12.7. The molecule has 0 unspecified atom stereocenters. The van der Waals surface area contributed by atoms with Gasteiger partial charge in [0.1, 0.15) is 29.7 Å². The number of hydrogen-bond acceptors (Lipinski definition) is 5. The number of halogens is 3. The summed E-state index contributed by atoms with van der Waals surface area (Å²) in [4.78, 5) is 24.4. The van der Waals surface area contributed by atoms with Gasteiger partial charge in [-0.15, -0.1) is 0 Å². The number of nitrogens with zero attached hydrogens (tertiary/aromatic N) is 2. The third kappa shape index (κ3) is 4.59. The summed E-state index contributed by atoms with van der Waals surface area (Å²) in [6, 6.07) is 4.79. The molecule has 0 aliphatic heterocycles. The van der Waals surface area contributed by atoms with Crippen LogP contribution in [0.25, 0.3) is 11.0 Å². The average molecular weight is 461 g/mol. The summed E-state index contributed by atoms with van der Waals surface area (Å²) in [6.07, 6.45) is 5.19. The van der Waals surface area contributed by atoms with Crippen molar-refractivity contribution in [2.45, 2.75) is 63.8 Å². The average Bonchev–Trinajstić information content (AvgIpc) is 2.79. The second-order valence-electron chi connectivity index (χ2n) is 8.71. The van der Waals surface area contributed by atoms with Gasteiger partial charge in [0.2, 0.25) is 0 Å². The van der Waals surface area contributed by atoms with Gasteiger partial charge in [0.05, 0.1) is 17.0 Å². The number of aryl methyl sites for hydroxylation is 1. The van der Waals surface area contributed by atoms with Gasteiger partial charge in [-0.1, -0.05) is 31.4 Å². The molecule has 1 fully saturated rings. The predicted octanol–water partition coefficient (Wildman–Crippen LogP) is 5.07. The Bertz CT molecular complexity index is 1220. The number of aliphatic hydroxyl groups is 1. The van der Waals surface area contributed by atoms with Crippen LogP contribution in [0.2, 0.25) is 0 Å². The van der Waals surface area contributed by atoms with Crippen LogP contribution in [0, 0.1) is 12.7 Å². The number of anilines is 1. The molecule has 2 aromatic heterocycles. The molecule has 6 nitrogen and oxygen atoms in total. The summed E-state index contributed by atoms with van der Waals surface area (Å²) < 4.78 is 42.9. The second kappa shape index (κ2) is 9.13. The van der Waals surface area contributed by atoms with Crippen molar-refractivity contribution in [2.24, 2.45) is 0 Å². The van der Waals surface area contributed by atoms with Gasteiger partial charge in [-0.3, -0.25) is 4.79 Å². The molecule has 2 heterocycles. The molecule has 176 valence electrons. The summed E-state index contributed by atoms with van der Waals surface area (Å²) in [7, 11) is 0. The van der Waals surface area contributed by atoms with E-state index in [-0.39, 0.29) is 17.0 Å². The minimum absolute atomic E-state index is 0.0157. The lowest BCUT2D eigenvalue weighted by Gasteiger charge is -2.23. The van der Waals surface area contributed by atoms with Crippen molar-refractivity contribution in [1.29, 1.82) is 0 Å². The van der Waals surface area contributed by atoms with Crippen LogP contribution in [-0.2, 0) is 5.92 Å². The molecule has 3 N–H and O–H groups in total. The number of aromatic amines is 1. The monoisotopic (exact) mass is 460 g/mol. The number of fused-ring (bicyclic) bond motifs is 1. The molecule has 1 aromatic carbocycles. The zero-order valence-electron chi connectivity index (χ0n) is 18.6. The van der Waals surface area contributed by atoms with Crippen LogP contribution in [0.3, 0.4) is 0 Å². The minimum atomic E-state index is -3.69. The molecule has 1 saturated carbocycles. The maximum absolute atomic E-state index is 15.0. The van der Waals surface area contributed by atoms with E-state index in [0.717, 1.165) is 38.2 Å². The van der Waals surface area contributed by atoms with Gasteiger partial charge in [0.15, 0.2) is 0 Å². The highest BCUT2D eigenvalue weighted by Gasteiger charge is 2.35. The Morgan fingerprint density at radius 2 is 1.97 bits per heavy atom. The van der Waals surface area contributed by atoms with Crippen LogP contribution < -0.4 is 10.9 Å². The van der Waals surface area contributed by atoms with E-state index in [2.05, 4.69) is 20.3 Å². The van der Waals surface area contributed by atoms with Crippen LogP contribution in [-0.4, -0.2) is 26.7 Å². The van der Waals surface area contributed by atoms with Crippen molar-refractivity contribution in [3.05, 3.63) is 63.0 Å². The fraction of sp³-hybridized carbons (Fsp3) is 0.458. The molecule has 1 aliphatic carbocycles. The van der Waals surface area contributed by atoms with Crippen LogP contribution in [0.15, 0.2) is 29.1 Å². The quantitative estimate of drug-likeness (QED) is 0.478. The molecule has 0 radical (unpaired) electrons. The number of benzene rings is 1. The highest BCUT2D eigenvalue weighted by atomic mass is 19.3. The van der Waals surface area contributed by atoms with E-state index in [1.54, 1.807) is 19.9 Å². The summed E-state index contributed by atoms with van der Waals surface area (Å²) in [5.74, 6) is -3.82. The van der Waals surface area contributed by atoms with Gasteiger partial charge in [0, 0.05) is 11.1 Å². The highest BCUT2D eigenvalue weighted by Crippen LogP contribution is 2.35. The van der Waals surface area contributed by atoms with Crippen molar-refractivity contribution in [3.8, 4) is 0 Å². The van der Waals surface area contributed by atoms with Crippen LogP contribution in [0.1, 0.15) is 73.5 Å². The van der Waals surface area contributed by atoms with E-state index < -0.39 is 30.0 Å². The highest BCUT2D eigenvalue weighted by molar-refractivity contribution is 5.87. The van der Waals surface area contributed by atoms with Gasteiger partial charge in [-0.25, -0.2) is 14.4 Å². The normalized spacial score (nSPS) is 16.2. The van der Waals surface area contributed by atoms with Gasteiger partial charge in [-0.05, 0) is 44.7 Å². The fourth-order valence-corrected chi connectivity index (χ4v) is 4.58. The molecule has 0 bridgehead atoms. The zero-order valence-corrected chi connectivity index (χ0v) is 18.6. The second-order valence-corrected chi connectivity index (χ2v) is 8.71. The molecule has 1 atom stereocenters. The molecule has 33 heavy (non-hydrogen) atoms. The first-order valence-electron chi connectivity index (χ1n) is 11.2. The van der Waals surface area contributed by atoms with Crippen molar-refractivity contribution in [3.63, 3.8) is 0 Å². The number of aliphatic hydroxyl groups excluding tert-OH is 1. The zero-order chi connectivity index (χ0) is 23.8. The molecule has 0 amide bonds. The fourth-order valence-electron chi connectivity index (χ4n) is 4.58. The molecule has 0 spiro atoms. The third-order valence-corrected chi connectivity index (χ3v) is 6.34. The SMILES string of the molecule is Cc1nc(N[C@H](C)c2cccc(C(F)(F)CO)c2F)c2cc(C3CCCCC3)c(=O)[nH]c2n1. The van der Waals surface area contributed by atoms with E-state index >= 15 is 0 Å². The number of nitrogens with one attached hydrogen (secondary N) is 2. The van der Waals surface area contributed by atoms with Gasteiger partial charge >= 0.3 is 0 Å². The lowest BCUT2D eigenvalue weighted by Crippen LogP contribution is -2.22. The Balaban J connectivity index is 1.74. The van der Waals surface area contributed by atoms with E-state index in [4.69, 9.17) is 5.11 Å². The van der Waals surface area contributed by atoms with Crippen molar-refractivity contribution < 1.29 is 18.3 Å². The predicted molar refractivity (Wildman–Crippen MR) is 120 cm³/mol. The van der Waals surface area contributed by atoms with Gasteiger partial charge in [0.25, 0.3) is 11.5 Å². The van der Waals surface area contributed by atoms with Crippen molar-refractivity contribution in [1.82, 2.24) is 15.0 Å². The molecule has 9 heteroatoms. The number of aromatic nitrogens is 3. The molecular weight excluding hydrogens is 433 g/mol. The Morgan fingerprint density at radius 1 is 1.24 bits per heavy atom. The maximum atomic E-state index is 15.0. The molecule has 3 aromatic rings. The van der Waals surface area contributed by atoms with E-state index in [0.29, 0.717) is 28.2 Å². The maximum Gasteiger partial charge on any atom is 0.298 e. The number of pyridine rings is 1. The van der Waals surface area contributed by atoms with Crippen LogP contribution in [0.5, 0.6) is 0 Å². The largest absolute Gasteiger partial charge is 0.390 e. The Hall–Kier alpha value is -2.94. The van der Waals surface area contributed by atoms with Gasteiger partial charge < -0.3 is 15.4 Å². The summed E-state index contributed by atoms with van der Waals surface area (Å²) >= 11 is 0. The van der Waals surface area contributed by atoms with E-state index in [1.807, 2.05) is 0 Å². The smallest absolute Gasteiger partial charge is 0.298 e. The molecule has 0 saturated heterocycles. The third-order valence-electron chi connectivity index (χ3n) is 6.34. The van der Waals surface area contributed by atoms with E-state index in [9.17, 15) is 18.0 Å². The molecule has 1 aliphatic rings. The number of alkyl halides is 2. The Morgan fingerprint density at radius 3 is 2.67 bits per heavy atom. The van der Waals surface area contributed by atoms with Crippen LogP contribution >= 0.6 is 0 Å². The Kier molecular flexibility index (Phi) is 6.43. The summed E-state index contributed by atoms with van der Waals surface area (Å²) in [6.45, 7) is 1.82. The standard InChI is InChI=1S/C24H27F3N4O2/c1-13(16-9-6-10-19(20(16)25)24(26,27)12-32)28-21-18-11-17(15-7-4-3-5-8-15)23(33)31-22(18)30-14(2)29-21/h6,9-11,13,15,32H,3-5,7-8,12H2,1-2H3,(H2,28,29,30,31,33)/t13-/m1/s1. The minimum Gasteiger partial charge on any atom is -0.390 e. The van der Waals surface area contributed by atoms with Gasteiger partial charge in [-0.2, -0.15) is 8.78 Å². The molecule has 4 rings (SSSR count). The first-order valence-corrected chi connectivity index (χ1v) is 11.2. The first-order chi connectivity index (χ1) is 15.7. The number of H-pyrrole nitrogens is 1. The lowest BCUT2D eigenvalue weighted by atomic mass is 9.84. The first kappa shape index (κ1) is 23.2. The number of hydrogen-bond donors (Lipinski definition) is 3. The van der Waals surface area contributed by atoms with Crippen molar-refractivity contribution >= 4 is 16.9 Å². The van der Waals surface area contributed by atoms with E-state index in [1.165, 1.54) is 12.1 Å². The Labute approximate surface area is 189 Å². The topological polar surface area (TPSA) is 90.9 Å². The van der Waals surface area contributed by atoms with Crippen molar-refractivity contribution in [2.75, 3.05) is 11.9 Å². The van der Waals surface area contributed by atoms with Crippen LogP contribution in [0.4, 0.5) is 19.0 Å².